The van der Waals surface area contributed by atoms with Crippen molar-refractivity contribution in [2.75, 3.05) is 11.6 Å². The summed E-state index contributed by atoms with van der Waals surface area (Å²) in [5, 5.41) is 15.8. The summed E-state index contributed by atoms with van der Waals surface area (Å²) in [6, 6.07) is 9.13. The lowest BCUT2D eigenvalue weighted by Gasteiger charge is -2.24. The van der Waals surface area contributed by atoms with Crippen LogP contribution in [-0.4, -0.2) is 29.4 Å². The van der Waals surface area contributed by atoms with E-state index in [1.807, 2.05) is 19.1 Å². The number of hydrogen-bond donors (Lipinski definition) is 1. The number of benzene rings is 2. The van der Waals surface area contributed by atoms with Crippen molar-refractivity contribution >= 4 is 29.0 Å². The third-order valence-electron chi connectivity index (χ3n) is 4.69. The summed E-state index contributed by atoms with van der Waals surface area (Å²) in [6.07, 6.45) is 0.629. The van der Waals surface area contributed by atoms with Crippen LogP contribution in [-0.2, 0) is 11.2 Å². The maximum atomic E-state index is 14.4. The van der Waals surface area contributed by atoms with Gasteiger partial charge in [-0.3, -0.25) is 9.80 Å². The second kappa shape index (κ2) is 8.78. The molecule has 0 fully saturated rings. The van der Waals surface area contributed by atoms with E-state index in [2.05, 4.69) is 5.10 Å². The van der Waals surface area contributed by atoms with Gasteiger partial charge in [-0.1, -0.05) is 18.5 Å². The van der Waals surface area contributed by atoms with E-state index in [-0.39, 0.29) is 24.6 Å². The first-order chi connectivity index (χ1) is 13.7. The highest BCUT2D eigenvalue weighted by atomic mass is 35.5. The van der Waals surface area contributed by atoms with Crippen LogP contribution in [0, 0.1) is 17.6 Å². The van der Waals surface area contributed by atoms with Gasteiger partial charge < -0.3 is 9.84 Å². The molecule has 5 nitrogen and oxygen atoms in total. The van der Waals surface area contributed by atoms with Crippen molar-refractivity contribution < 1.29 is 23.4 Å². The van der Waals surface area contributed by atoms with Gasteiger partial charge in [-0.25, -0.2) is 8.78 Å². The molecule has 1 aliphatic rings. The lowest BCUT2D eigenvalue weighted by atomic mass is 10.0. The molecule has 1 N–H and O–H groups in total. The van der Waals surface area contributed by atoms with E-state index in [4.69, 9.17) is 21.4 Å². The summed E-state index contributed by atoms with van der Waals surface area (Å²) in [7, 11) is 0. The molecule has 2 aromatic carbocycles. The van der Waals surface area contributed by atoms with Gasteiger partial charge in [0.25, 0.3) is 0 Å². The molecule has 2 aromatic rings. The lowest BCUT2D eigenvalue weighted by Crippen LogP contribution is -2.32. The van der Waals surface area contributed by atoms with Crippen LogP contribution in [0.2, 0.25) is 5.02 Å². The van der Waals surface area contributed by atoms with Crippen LogP contribution in [0.15, 0.2) is 41.5 Å². The molecule has 0 saturated carbocycles. The summed E-state index contributed by atoms with van der Waals surface area (Å²) in [5.41, 5.74) is 1.95. The Morgan fingerprint density at radius 1 is 1.31 bits per heavy atom. The Hall–Kier alpha value is -2.67. The SMILES string of the molecule is CC1=NN(c2ccc(Cl)cc2)C(COc2c(F)cc(CC(C)C(=O)O)cc2F)C1. The Balaban J connectivity index is 1.71. The molecule has 0 saturated heterocycles. The molecule has 2 unspecified atom stereocenters. The number of anilines is 1. The average Bonchev–Trinajstić information content (AvgIpc) is 3.02. The third-order valence-corrected chi connectivity index (χ3v) is 4.94. The molecule has 0 bridgehead atoms. The molecule has 1 aliphatic heterocycles. The highest BCUT2D eigenvalue weighted by Crippen LogP contribution is 2.29. The van der Waals surface area contributed by atoms with Gasteiger partial charge in [-0.15, -0.1) is 0 Å². The topological polar surface area (TPSA) is 62.1 Å². The van der Waals surface area contributed by atoms with Gasteiger partial charge in [-0.2, -0.15) is 5.10 Å². The molecule has 0 radical (unpaired) electrons. The molecule has 0 amide bonds. The molecule has 0 aromatic heterocycles. The van der Waals surface area contributed by atoms with Crippen molar-refractivity contribution in [2.45, 2.75) is 32.7 Å². The minimum Gasteiger partial charge on any atom is -0.485 e. The van der Waals surface area contributed by atoms with Crippen molar-refractivity contribution in [1.82, 2.24) is 0 Å². The van der Waals surface area contributed by atoms with E-state index in [0.29, 0.717) is 11.4 Å². The number of rotatable bonds is 7. The molecule has 29 heavy (non-hydrogen) atoms. The number of halogens is 3. The Kier molecular flexibility index (Phi) is 6.37. The third kappa shape index (κ3) is 5.03. The predicted molar refractivity (Wildman–Crippen MR) is 108 cm³/mol. The molecular weight excluding hydrogens is 402 g/mol. The first-order valence-corrected chi connectivity index (χ1v) is 9.54. The van der Waals surface area contributed by atoms with Crippen LogP contribution in [0.1, 0.15) is 25.8 Å². The van der Waals surface area contributed by atoms with Gasteiger partial charge in [0.15, 0.2) is 17.4 Å². The number of aliphatic carboxylic acids is 1. The fourth-order valence-corrected chi connectivity index (χ4v) is 3.34. The summed E-state index contributed by atoms with van der Waals surface area (Å²) in [6.45, 7) is 3.39. The van der Waals surface area contributed by atoms with E-state index in [9.17, 15) is 13.6 Å². The minimum absolute atomic E-state index is 0.0299. The van der Waals surface area contributed by atoms with Crippen LogP contribution in [0.4, 0.5) is 14.5 Å². The summed E-state index contributed by atoms with van der Waals surface area (Å²) >= 11 is 5.93. The molecule has 3 rings (SSSR count). The fraction of sp³-hybridized carbons (Fsp3) is 0.333. The van der Waals surface area contributed by atoms with Crippen LogP contribution < -0.4 is 9.75 Å². The molecule has 2 atom stereocenters. The van der Waals surface area contributed by atoms with Crippen LogP contribution in [0.5, 0.6) is 5.75 Å². The summed E-state index contributed by atoms with van der Waals surface area (Å²) < 4.78 is 34.3. The van der Waals surface area contributed by atoms with Crippen molar-refractivity contribution in [3.8, 4) is 5.75 Å². The molecule has 0 aliphatic carbocycles. The van der Waals surface area contributed by atoms with Crippen molar-refractivity contribution in [2.24, 2.45) is 11.0 Å². The molecule has 154 valence electrons. The normalized spacial score (nSPS) is 17.2. The quantitative estimate of drug-likeness (QED) is 0.688. The molecule has 1 heterocycles. The Morgan fingerprint density at radius 3 is 2.52 bits per heavy atom. The predicted octanol–water partition coefficient (Wildman–Crippen LogP) is 4.92. The summed E-state index contributed by atoms with van der Waals surface area (Å²) in [4.78, 5) is 10.9. The van der Waals surface area contributed by atoms with Gasteiger partial charge in [0.1, 0.15) is 6.61 Å². The van der Waals surface area contributed by atoms with Crippen molar-refractivity contribution in [1.29, 1.82) is 0 Å². The maximum Gasteiger partial charge on any atom is 0.306 e. The van der Waals surface area contributed by atoms with Gasteiger partial charge in [0.2, 0.25) is 0 Å². The second-order valence-corrected chi connectivity index (χ2v) is 7.59. The monoisotopic (exact) mass is 422 g/mol. The first kappa shape index (κ1) is 21.0. The molecular formula is C21H21ClF2N2O3. The number of carboxylic acids is 1. The van der Waals surface area contributed by atoms with E-state index >= 15 is 0 Å². The number of hydrazone groups is 1. The van der Waals surface area contributed by atoms with E-state index in [1.54, 1.807) is 17.1 Å². The Morgan fingerprint density at radius 2 is 1.93 bits per heavy atom. The zero-order chi connectivity index (χ0) is 21.1. The second-order valence-electron chi connectivity index (χ2n) is 7.16. The smallest absolute Gasteiger partial charge is 0.306 e. The maximum absolute atomic E-state index is 14.4. The number of nitrogens with zero attached hydrogens (tertiary/aromatic N) is 2. The van der Waals surface area contributed by atoms with Crippen LogP contribution >= 0.6 is 11.6 Å². The lowest BCUT2D eigenvalue weighted by molar-refractivity contribution is -0.141. The van der Waals surface area contributed by atoms with E-state index < -0.39 is 29.3 Å². The Labute approximate surface area is 172 Å². The highest BCUT2D eigenvalue weighted by Gasteiger charge is 2.27. The van der Waals surface area contributed by atoms with Gasteiger partial charge >= 0.3 is 5.97 Å². The zero-order valence-corrected chi connectivity index (χ0v) is 16.8. The summed E-state index contributed by atoms with van der Waals surface area (Å²) in [5.74, 6) is -3.95. The van der Waals surface area contributed by atoms with Crippen LogP contribution in [0.25, 0.3) is 0 Å². The van der Waals surface area contributed by atoms with Crippen molar-refractivity contribution in [3.63, 3.8) is 0 Å². The van der Waals surface area contributed by atoms with Gasteiger partial charge in [0.05, 0.1) is 17.6 Å². The molecule has 0 spiro atoms. The highest BCUT2D eigenvalue weighted by molar-refractivity contribution is 6.30. The number of ether oxygens (including phenoxy) is 1. The first-order valence-electron chi connectivity index (χ1n) is 9.17. The fourth-order valence-electron chi connectivity index (χ4n) is 3.21. The zero-order valence-electron chi connectivity index (χ0n) is 16.0. The van der Waals surface area contributed by atoms with Crippen LogP contribution in [0.3, 0.4) is 0 Å². The van der Waals surface area contributed by atoms with Gasteiger partial charge in [-0.05, 0) is 55.3 Å². The van der Waals surface area contributed by atoms with Gasteiger partial charge in [0, 0.05) is 17.2 Å². The number of carbonyl (C=O) groups is 1. The largest absolute Gasteiger partial charge is 0.485 e. The standard InChI is InChI=1S/C21H21ClF2N2O3/c1-12(21(27)28)7-14-9-18(23)20(19(24)10-14)29-11-17-8-13(2)25-26(17)16-5-3-15(22)4-6-16/h3-6,9-10,12,17H,7-8,11H2,1-2H3,(H,27,28). The molecule has 8 heteroatoms. The van der Waals surface area contributed by atoms with E-state index in [1.165, 1.54) is 6.92 Å². The Bertz CT molecular complexity index is 911. The average molecular weight is 423 g/mol. The number of carboxylic acid groups (broad SMARTS) is 1. The minimum atomic E-state index is -1.02. The van der Waals surface area contributed by atoms with E-state index in [0.717, 1.165) is 23.5 Å². The van der Waals surface area contributed by atoms with Crippen molar-refractivity contribution in [3.05, 3.63) is 58.6 Å². The number of hydrogen-bond acceptors (Lipinski definition) is 4.